The van der Waals surface area contributed by atoms with Crippen LogP contribution < -0.4 is 0 Å². The topological polar surface area (TPSA) is 0 Å². The highest BCUT2D eigenvalue weighted by atomic mass is 19.2. The minimum absolute atomic E-state index is 0.0700. The number of allylic oxidation sites excluding steroid dienone is 1. The van der Waals surface area contributed by atoms with Crippen molar-refractivity contribution in [2.45, 2.75) is 44.9 Å². The van der Waals surface area contributed by atoms with Gasteiger partial charge in [0.2, 0.25) is 0 Å². The van der Waals surface area contributed by atoms with Crippen LogP contribution in [0, 0.1) is 36.1 Å². The van der Waals surface area contributed by atoms with E-state index in [-0.39, 0.29) is 29.0 Å². The summed E-state index contributed by atoms with van der Waals surface area (Å²) in [7, 11) is 0. The fourth-order valence-electron chi connectivity index (χ4n) is 5.31. The third-order valence-electron chi connectivity index (χ3n) is 7.14. The molecule has 0 heterocycles. The zero-order chi connectivity index (χ0) is 22.6. The normalized spacial score (nSPS) is 19.5. The maximum absolute atomic E-state index is 15.2. The van der Waals surface area contributed by atoms with Gasteiger partial charge in [-0.3, -0.25) is 0 Å². The van der Waals surface area contributed by atoms with Gasteiger partial charge < -0.3 is 0 Å². The molecule has 0 nitrogen and oxygen atoms in total. The second kappa shape index (κ2) is 7.91. The molecule has 0 spiro atoms. The van der Waals surface area contributed by atoms with E-state index in [9.17, 15) is 0 Å². The summed E-state index contributed by atoms with van der Waals surface area (Å²) in [5.74, 6) is -3.81. The first-order chi connectivity index (χ1) is 15.4. The maximum Gasteiger partial charge on any atom is 0.167 e. The molecule has 5 rings (SSSR count). The molecule has 1 fully saturated rings. The lowest BCUT2D eigenvalue weighted by molar-refractivity contribution is 0.364. The van der Waals surface area contributed by atoms with Crippen LogP contribution in [0.25, 0.3) is 22.3 Å². The molecule has 0 bridgehead atoms. The second-order valence-corrected chi connectivity index (χ2v) is 9.10. The van der Waals surface area contributed by atoms with E-state index in [1.54, 1.807) is 24.3 Å². The molecule has 0 aliphatic heterocycles. The number of benzene rings is 3. The molecule has 32 heavy (non-hydrogen) atoms. The zero-order valence-corrected chi connectivity index (χ0v) is 18.0. The van der Waals surface area contributed by atoms with Gasteiger partial charge in [0.1, 0.15) is 0 Å². The van der Waals surface area contributed by atoms with Crippen molar-refractivity contribution in [3.8, 4) is 22.3 Å². The average Bonchev–Trinajstić information content (AvgIpc) is 3.18. The number of hydrogen-bond acceptors (Lipinski definition) is 0. The van der Waals surface area contributed by atoms with Crippen LogP contribution in [0.2, 0.25) is 0 Å². The van der Waals surface area contributed by atoms with Crippen LogP contribution in [0.4, 0.5) is 17.6 Å². The van der Waals surface area contributed by atoms with E-state index < -0.39 is 23.3 Å². The van der Waals surface area contributed by atoms with Gasteiger partial charge in [0.05, 0.1) is 0 Å². The first kappa shape index (κ1) is 21.0. The van der Waals surface area contributed by atoms with Gasteiger partial charge in [-0.25, -0.2) is 17.6 Å². The number of rotatable bonds is 3. The predicted octanol–water partition coefficient (Wildman–Crippen LogP) is 8.25. The fourth-order valence-corrected chi connectivity index (χ4v) is 5.31. The summed E-state index contributed by atoms with van der Waals surface area (Å²) in [6.07, 6.45) is 5.50. The van der Waals surface area contributed by atoms with E-state index in [1.165, 1.54) is 0 Å². The summed E-state index contributed by atoms with van der Waals surface area (Å²) in [6, 6.07) is 10.4. The van der Waals surface area contributed by atoms with E-state index in [0.29, 0.717) is 28.2 Å². The zero-order valence-electron chi connectivity index (χ0n) is 18.0. The van der Waals surface area contributed by atoms with Crippen molar-refractivity contribution in [3.05, 3.63) is 94.6 Å². The molecule has 3 aromatic rings. The quantitative estimate of drug-likeness (QED) is 0.224. The van der Waals surface area contributed by atoms with Gasteiger partial charge in [-0.15, -0.1) is 6.58 Å². The Morgan fingerprint density at radius 1 is 0.781 bits per heavy atom. The van der Waals surface area contributed by atoms with Crippen LogP contribution in [-0.2, 0) is 6.42 Å². The summed E-state index contributed by atoms with van der Waals surface area (Å²) in [5, 5.41) is 0. The summed E-state index contributed by atoms with van der Waals surface area (Å²) < 4.78 is 60.5. The van der Waals surface area contributed by atoms with Gasteiger partial charge in [-0.05, 0) is 79.2 Å². The van der Waals surface area contributed by atoms with E-state index in [1.807, 2.05) is 25.1 Å². The molecule has 0 saturated heterocycles. The molecule has 0 radical (unpaired) electrons. The first-order valence-electron chi connectivity index (χ1n) is 11.1. The Labute approximate surface area is 185 Å². The molecule has 0 amide bonds. The predicted molar refractivity (Wildman–Crippen MR) is 120 cm³/mol. The minimum atomic E-state index is -1.12. The smallest absolute Gasteiger partial charge is 0.167 e. The molecule has 0 N–H and O–H groups in total. The monoisotopic (exact) mass is 436 g/mol. The summed E-state index contributed by atoms with van der Waals surface area (Å²) in [4.78, 5) is 0. The van der Waals surface area contributed by atoms with E-state index in [4.69, 9.17) is 0 Å². The van der Waals surface area contributed by atoms with Crippen LogP contribution in [0.15, 0.2) is 49.1 Å². The van der Waals surface area contributed by atoms with Crippen LogP contribution >= 0.6 is 0 Å². The second-order valence-electron chi connectivity index (χ2n) is 9.10. The molecule has 3 aromatic carbocycles. The molecule has 0 atom stereocenters. The Bertz CT molecular complexity index is 1220. The third-order valence-corrected chi connectivity index (χ3v) is 7.14. The molecule has 164 valence electrons. The Hall–Kier alpha value is -2.88. The summed E-state index contributed by atoms with van der Waals surface area (Å²) >= 11 is 0. The first-order valence-corrected chi connectivity index (χ1v) is 11.1. The van der Waals surface area contributed by atoms with Crippen molar-refractivity contribution >= 4 is 0 Å². The summed E-state index contributed by atoms with van der Waals surface area (Å²) in [6.45, 7) is 5.75. The molecule has 1 saturated carbocycles. The Morgan fingerprint density at radius 3 is 2.00 bits per heavy atom. The fraction of sp³-hybridized carbons (Fsp3) is 0.286. The molecule has 2 aliphatic carbocycles. The van der Waals surface area contributed by atoms with Crippen molar-refractivity contribution in [1.29, 1.82) is 0 Å². The van der Waals surface area contributed by atoms with Gasteiger partial charge in [-0.2, -0.15) is 0 Å². The van der Waals surface area contributed by atoms with Gasteiger partial charge in [0.25, 0.3) is 0 Å². The van der Waals surface area contributed by atoms with Crippen molar-refractivity contribution in [2.24, 2.45) is 5.92 Å². The Balaban J connectivity index is 1.58. The van der Waals surface area contributed by atoms with Crippen LogP contribution in [0.1, 0.15) is 53.9 Å². The number of aryl methyl sites for hydroxylation is 1. The number of halogens is 4. The van der Waals surface area contributed by atoms with Crippen LogP contribution in [0.3, 0.4) is 0 Å². The lowest BCUT2D eigenvalue weighted by atomic mass is 9.78. The standard InChI is InChI=1S/C28H24F4/c1-3-16-6-10-18(11-7-16)22-14-20-12-19-13-21(17-8-4-15(2)5-9-17)25(29)27(31)23(19)24(20)28(32)26(22)30/h3-5,8-9,13-14,16,18H,1,6-7,10-12H2,2H3. The van der Waals surface area contributed by atoms with Crippen molar-refractivity contribution in [1.82, 2.24) is 0 Å². The number of fused-ring (bicyclic) bond motifs is 3. The van der Waals surface area contributed by atoms with Crippen LogP contribution in [-0.4, -0.2) is 0 Å². The number of hydrogen-bond donors (Lipinski definition) is 0. The van der Waals surface area contributed by atoms with Crippen molar-refractivity contribution < 1.29 is 17.6 Å². The van der Waals surface area contributed by atoms with Gasteiger partial charge in [-0.1, -0.05) is 42.0 Å². The molecule has 0 unspecified atom stereocenters. The molecular weight excluding hydrogens is 412 g/mol. The van der Waals surface area contributed by atoms with Gasteiger partial charge >= 0.3 is 0 Å². The molecular formula is C28H24F4. The average molecular weight is 436 g/mol. The van der Waals surface area contributed by atoms with E-state index >= 15 is 17.6 Å². The lowest BCUT2D eigenvalue weighted by Gasteiger charge is -2.27. The van der Waals surface area contributed by atoms with Gasteiger partial charge in [0, 0.05) is 16.7 Å². The van der Waals surface area contributed by atoms with E-state index in [0.717, 1.165) is 31.2 Å². The Kier molecular flexibility index (Phi) is 5.19. The highest BCUT2D eigenvalue weighted by molar-refractivity contribution is 5.82. The van der Waals surface area contributed by atoms with Crippen molar-refractivity contribution in [2.75, 3.05) is 0 Å². The van der Waals surface area contributed by atoms with E-state index in [2.05, 4.69) is 6.58 Å². The highest BCUT2D eigenvalue weighted by Gasteiger charge is 2.34. The van der Waals surface area contributed by atoms with Crippen molar-refractivity contribution in [3.63, 3.8) is 0 Å². The highest BCUT2D eigenvalue weighted by Crippen LogP contribution is 2.47. The molecule has 0 aromatic heterocycles. The third kappa shape index (κ3) is 3.28. The summed E-state index contributed by atoms with van der Waals surface area (Å²) in [5.41, 5.74) is 2.79. The minimum Gasteiger partial charge on any atom is -0.203 e. The van der Waals surface area contributed by atoms with Gasteiger partial charge in [0.15, 0.2) is 23.3 Å². The van der Waals surface area contributed by atoms with Crippen LogP contribution in [0.5, 0.6) is 0 Å². The molecule has 4 heteroatoms. The SMILES string of the molecule is C=CC1CCC(c2cc3c(c(F)c2F)-c2c(cc(-c4ccc(C)cc4)c(F)c2F)C3)CC1. The molecule has 2 aliphatic rings. The maximum atomic E-state index is 15.2. The Morgan fingerprint density at radius 2 is 1.38 bits per heavy atom. The largest absolute Gasteiger partial charge is 0.203 e. The lowest BCUT2D eigenvalue weighted by Crippen LogP contribution is -2.14.